The molecule has 0 saturated carbocycles. The number of aryl methyl sites for hydroxylation is 1. The van der Waals surface area contributed by atoms with Gasteiger partial charge >= 0.3 is 18.0 Å². The van der Waals surface area contributed by atoms with E-state index >= 15 is 0 Å². The molecule has 0 aliphatic rings. The van der Waals surface area contributed by atoms with Gasteiger partial charge in [0, 0.05) is 0 Å². The van der Waals surface area contributed by atoms with Crippen molar-refractivity contribution in [2.24, 2.45) is 5.92 Å². The van der Waals surface area contributed by atoms with Gasteiger partial charge in [0.15, 0.2) is 5.92 Å². The van der Waals surface area contributed by atoms with Crippen LogP contribution in [0.4, 0.5) is 4.79 Å². The third-order valence-corrected chi connectivity index (χ3v) is 5.36. The van der Waals surface area contributed by atoms with Crippen LogP contribution in [0.3, 0.4) is 0 Å². The maximum atomic E-state index is 13.4. The van der Waals surface area contributed by atoms with E-state index in [1.165, 1.54) is 0 Å². The zero-order valence-corrected chi connectivity index (χ0v) is 21.6. The lowest BCUT2D eigenvalue weighted by molar-refractivity contribution is -0.165. The summed E-state index contributed by atoms with van der Waals surface area (Å²) >= 11 is 0. The van der Waals surface area contributed by atoms with Gasteiger partial charge in [-0.1, -0.05) is 90.5 Å². The molecular weight excluding hydrogens is 470 g/mol. The number of nitrogens with one attached hydrogen (secondary N) is 1. The normalized spacial score (nSPS) is 11.9. The quantitative estimate of drug-likeness (QED) is 0.230. The van der Waals surface area contributed by atoms with Gasteiger partial charge < -0.3 is 19.5 Å². The van der Waals surface area contributed by atoms with E-state index in [-0.39, 0.29) is 13.2 Å². The van der Waals surface area contributed by atoms with Crippen LogP contribution in [0.5, 0.6) is 0 Å². The fourth-order valence-electron chi connectivity index (χ4n) is 3.66. The lowest BCUT2D eigenvalue weighted by Crippen LogP contribution is -2.43. The number of alkyl carbamates (subject to hydrolysis) is 1. The summed E-state index contributed by atoms with van der Waals surface area (Å²) < 4.78 is 16.5. The zero-order valence-electron chi connectivity index (χ0n) is 21.6. The lowest BCUT2D eigenvalue weighted by Gasteiger charge is -2.28. The van der Waals surface area contributed by atoms with Crippen molar-refractivity contribution >= 4 is 18.0 Å². The molecule has 0 spiro atoms. The highest BCUT2D eigenvalue weighted by atomic mass is 16.6. The summed E-state index contributed by atoms with van der Waals surface area (Å²) in [6, 6.07) is 24.4. The van der Waals surface area contributed by atoms with Gasteiger partial charge in [-0.15, -0.1) is 0 Å². The molecule has 1 amide bonds. The molecule has 7 heteroatoms. The number of rotatable bonds is 9. The van der Waals surface area contributed by atoms with Crippen LogP contribution < -0.4 is 5.32 Å². The lowest BCUT2D eigenvalue weighted by atomic mass is 9.92. The average molecular weight is 504 g/mol. The van der Waals surface area contributed by atoms with E-state index in [2.05, 4.69) is 5.32 Å². The Morgan fingerprint density at radius 1 is 0.757 bits per heavy atom. The summed E-state index contributed by atoms with van der Waals surface area (Å²) in [7, 11) is 0. The molecular formula is C30H33NO6. The minimum Gasteiger partial charge on any atom is -0.460 e. The molecule has 3 aromatic rings. The molecule has 3 rings (SSSR count). The number of amides is 1. The molecule has 0 aliphatic heterocycles. The van der Waals surface area contributed by atoms with E-state index < -0.39 is 35.6 Å². The van der Waals surface area contributed by atoms with E-state index in [1.807, 2.05) is 73.7 Å². The Morgan fingerprint density at radius 3 is 1.73 bits per heavy atom. The maximum Gasteiger partial charge on any atom is 0.408 e. The van der Waals surface area contributed by atoms with Gasteiger partial charge in [-0.2, -0.15) is 0 Å². The molecule has 37 heavy (non-hydrogen) atoms. The molecule has 0 bridgehead atoms. The van der Waals surface area contributed by atoms with Gasteiger partial charge in [0.1, 0.15) is 18.8 Å². The Kier molecular flexibility index (Phi) is 9.44. The maximum absolute atomic E-state index is 13.4. The van der Waals surface area contributed by atoms with Crippen molar-refractivity contribution in [3.63, 3.8) is 0 Å². The van der Waals surface area contributed by atoms with Crippen molar-refractivity contribution in [3.05, 3.63) is 107 Å². The number of ether oxygens (including phenoxy) is 3. The number of esters is 2. The highest BCUT2D eigenvalue weighted by molar-refractivity contribution is 5.96. The Balaban J connectivity index is 1.92. The highest BCUT2D eigenvalue weighted by Gasteiger charge is 2.40. The molecule has 0 radical (unpaired) electrons. The Morgan fingerprint density at radius 2 is 1.27 bits per heavy atom. The second-order valence-corrected chi connectivity index (χ2v) is 9.70. The predicted octanol–water partition coefficient (Wildman–Crippen LogP) is 5.66. The van der Waals surface area contributed by atoms with Crippen molar-refractivity contribution < 1.29 is 28.6 Å². The fraction of sp³-hybridized carbons (Fsp3) is 0.300. The van der Waals surface area contributed by atoms with Crippen LogP contribution in [0.2, 0.25) is 0 Å². The van der Waals surface area contributed by atoms with Gasteiger partial charge in [0.25, 0.3) is 0 Å². The van der Waals surface area contributed by atoms with Gasteiger partial charge in [0.2, 0.25) is 0 Å². The topological polar surface area (TPSA) is 90.9 Å². The molecule has 1 atom stereocenters. The van der Waals surface area contributed by atoms with Crippen molar-refractivity contribution in [1.82, 2.24) is 5.32 Å². The number of hydrogen-bond acceptors (Lipinski definition) is 6. The smallest absolute Gasteiger partial charge is 0.408 e. The summed E-state index contributed by atoms with van der Waals surface area (Å²) in [6.45, 7) is 7.00. The standard InChI is InChI=1S/C30H33NO6/c1-21-12-11-17-24(18-21)26(31-29(34)37-30(2,3)4)25(27(32)35-19-22-13-7-5-8-14-22)28(33)36-20-23-15-9-6-10-16-23/h5-18,25-26H,19-20H2,1-4H3,(H,31,34)/t26-/m0/s1. The van der Waals surface area contributed by atoms with Gasteiger partial charge in [0.05, 0.1) is 6.04 Å². The van der Waals surface area contributed by atoms with E-state index in [0.717, 1.165) is 16.7 Å². The molecule has 0 aliphatic carbocycles. The van der Waals surface area contributed by atoms with Crippen molar-refractivity contribution in [2.45, 2.75) is 52.6 Å². The molecule has 0 saturated heterocycles. The number of benzene rings is 3. The molecule has 3 aromatic carbocycles. The van der Waals surface area contributed by atoms with Crippen LogP contribution in [-0.2, 0) is 37.0 Å². The molecule has 194 valence electrons. The zero-order chi connectivity index (χ0) is 26.8. The number of carbonyl (C=O) groups excluding carboxylic acids is 3. The second kappa shape index (κ2) is 12.7. The Bertz CT molecular complexity index is 1130. The highest BCUT2D eigenvalue weighted by Crippen LogP contribution is 2.27. The Hall–Kier alpha value is -4.13. The van der Waals surface area contributed by atoms with Crippen LogP contribution in [0.1, 0.15) is 49.1 Å². The van der Waals surface area contributed by atoms with E-state index in [9.17, 15) is 14.4 Å². The van der Waals surface area contributed by atoms with E-state index in [4.69, 9.17) is 14.2 Å². The van der Waals surface area contributed by atoms with Crippen LogP contribution in [0, 0.1) is 12.8 Å². The van der Waals surface area contributed by atoms with E-state index in [1.54, 1.807) is 39.0 Å². The summed E-state index contributed by atoms with van der Waals surface area (Å²) in [5, 5.41) is 2.71. The summed E-state index contributed by atoms with van der Waals surface area (Å²) in [6.07, 6.45) is -0.768. The van der Waals surface area contributed by atoms with Crippen molar-refractivity contribution in [3.8, 4) is 0 Å². The van der Waals surface area contributed by atoms with Gasteiger partial charge in [-0.25, -0.2) is 4.79 Å². The molecule has 0 unspecified atom stereocenters. The SMILES string of the molecule is Cc1cccc([C@H](NC(=O)OC(C)(C)C)C(C(=O)OCc2ccccc2)C(=O)OCc2ccccc2)c1. The third-order valence-electron chi connectivity index (χ3n) is 5.36. The van der Waals surface area contributed by atoms with Crippen LogP contribution >= 0.6 is 0 Å². The first-order valence-electron chi connectivity index (χ1n) is 12.1. The summed E-state index contributed by atoms with van der Waals surface area (Å²) in [5.41, 5.74) is 2.18. The summed E-state index contributed by atoms with van der Waals surface area (Å²) in [4.78, 5) is 39.6. The van der Waals surface area contributed by atoms with E-state index in [0.29, 0.717) is 5.56 Å². The monoisotopic (exact) mass is 503 g/mol. The van der Waals surface area contributed by atoms with Crippen LogP contribution in [-0.4, -0.2) is 23.6 Å². The van der Waals surface area contributed by atoms with Crippen molar-refractivity contribution in [1.29, 1.82) is 0 Å². The second-order valence-electron chi connectivity index (χ2n) is 9.70. The molecule has 0 aromatic heterocycles. The Labute approximate surface area is 217 Å². The number of carbonyl (C=O) groups is 3. The minimum absolute atomic E-state index is 0.0326. The predicted molar refractivity (Wildman–Crippen MR) is 139 cm³/mol. The average Bonchev–Trinajstić information content (AvgIpc) is 2.86. The third kappa shape index (κ3) is 8.79. The summed E-state index contributed by atoms with van der Waals surface area (Å²) in [5.74, 6) is -3.10. The van der Waals surface area contributed by atoms with Crippen LogP contribution in [0.25, 0.3) is 0 Å². The fourth-order valence-corrected chi connectivity index (χ4v) is 3.66. The largest absolute Gasteiger partial charge is 0.460 e. The first-order chi connectivity index (χ1) is 17.6. The first kappa shape index (κ1) is 27.5. The van der Waals surface area contributed by atoms with Crippen LogP contribution in [0.15, 0.2) is 84.9 Å². The molecule has 1 N–H and O–H groups in total. The molecule has 7 nitrogen and oxygen atoms in total. The van der Waals surface area contributed by atoms with Gasteiger partial charge in [-0.05, 0) is 44.4 Å². The first-order valence-corrected chi connectivity index (χ1v) is 12.1. The molecule has 0 fully saturated rings. The van der Waals surface area contributed by atoms with Gasteiger partial charge in [-0.3, -0.25) is 9.59 Å². The molecule has 0 heterocycles. The van der Waals surface area contributed by atoms with Crippen molar-refractivity contribution in [2.75, 3.05) is 0 Å². The minimum atomic E-state index is -1.47. The number of hydrogen-bond donors (Lipinski definition) is 1.